The second-order valence-electron chi connectivity index (χ2n) is 11.2. The summed E-state index contributed by atoms with van der Waals surface area (Å²) in [7, 11) is 0. The molecule has 0 radical (unpaired) electrons. The first-order chi connectivity index (χ1) is 21.0. The minimum atomic E-state index is -1.63. The van der Waals surface area contributed by atoms with Crippen LogP contribution in [0.4, 0.5) is 10.1 Å². The Bertz CT molecular complexity index is 1830. The van der Waals surface area contributed by atoms with Gasteiger partial charge in [0.2, 0.25) is 5.91 Å². The van der Waals surface area contributed by atoms with E-state index in [0.29, 0.717) is 44.0 Å². The summed E-state index contributed by atoms with van der Waals surface area (Å²) in [6.07, 6.45) is -0.150. The molecule has 4 atom stereocenters. The number of hydrogen-bond donors (Lipinski definition) is 4. The van der Waals surface area contributed by atoms with E-state index in [-0.39, 0.29) is 24.4 Å². The molecular weight excluding hydrogens is 581 g/mol. The Morgan fingerprint density at radius 1 is 1.11 bits per heavy atom. The molecule has 1 aliphatic heterocycles. The molecule has 1 aliphatic carbocycles. The van der Waals surface area contributed by atoms with Crippen LogP contribution < -0.4 is 27.3 Å². The van der Waals surface area contributed by atoms with Crippen molar-refractivity contribution in [3.63, 3.8) is 0 Å². The standard InChI is InChI=1S/C33H32FN5O4S/c1-3-25(40)39-15-18(34)14-19(16-39)38-32(42)30-27-26-23(11-12-24(35)29(26)44-30)33(37,31(41)28(27)36)22-10-9-21(13-17(22)2)43-20-7-5-4-6-8-20/h3-13,18-19,28H,1,14-16,35-37H2,2H3,(H,38,42)/t18-,19+,28?,33?/m0/s1. The van der Waals surface area contributed by atoms with Gasteiger partial charge in [0, 0.05) is 35.6 Å². The fourth-order valence-corrected chi connectivity index (χ4v) is 7.50. The molecule has 226 valence electrons. The molecule has 6 rings (SSSR count). The van der Waals surface area contributed by atoms with E-state index in [1.165, 1.54) is 4.90 Å². The van der Waals surface area contributed by atoms with Crippen LogP contribution in [-0.4, -0.2) is 47.8 Å². The highest BCUT2D eigenvalue weighted by Crippen LogP contribution is 2.50. The highest BCUT2D eigenvalue weighted by atomic mass is 32.1. The smallest absolute Gasteiger partial charge is 0.262 e. The van der Waals surface area contributed by atoms with Gasteiger partial charge in [-0.3, -0.25) is 14.4 Å². The molecule has 1 aromatic heterocycles. The van der Waals surface area contributed by atoms with Crippen LogP contribution in [0.2, 0.25) is 0 Å². The van der Waals surface area contributed by atoms with E-state index in [1.807, 2.05) is 43.3 Å². The van der Waals surface area contributed by atoms with Crippen molar-refractivity contribution in [1.82, 2.24) is 10.2 Å². The second-order valence-corrected chi connectivity index (χ2v) is 12.3. The van der Waals surface area contributed by atoms with E-state index in [1.54, 1.807) is 24.3 Å². The van der Waals surface area contributed by atoms with Crippen molar-refractivity contribution < 1.29 is 23.5 Å². The normalized spacial score (nSPS) is 23.0. The number of halogens is 1. The first kappa shape index (κ1) is 29.5. The Morgan fingerprint density at radius 2 is 1.84 bits per heavy atom. The molecule has 11 heteroatoms. The number of rotatable bonds is 6. The minimum Gasteiger partial charge on any atom is -0.457 e. The van der Waals surface area contributed by atoms with Crippen molar-refractivity contribution in [3.8, 4) is 11.5 Å². The zero-order valence-corrected chi connectivity index (χ0v) is 24.8. The number of ether oxygens (including phenoxy) is 1. The summed E-state index contributed by atoms with van der Waals surface area (Å²) in [5.74, 6) is -0.168. The molecule has 2 unspecified atom stereocenters. The Labute approximate surface area is 257 Å². The van der Waals surface area contributed by atoms with Gasteiger partial charge in [-0.1, -0.05) is 36.9 Å². The number of ketones is 1. The number of carbonyl (C=O) groups is 3. The number of amides is 2. The number of piperidine rings is 1. The summed E-state index contributed by atoms with van der Waals surface area (Å²) in [6, 6.07) is 16.2. The highest BCUT2D eigenvalue weighted by Gasteiger charge is 2.49. The van der Waals surface area contributed by atoms with Crippen LogP contribution in [0, 0.1) is 6.92 Å². The number of nitrogens with zero attached hydrogens (tertiary/aromatic N) is 1. The van der Waals surface area contributed by atoms with Crippen molar-refractivity contribution in [2.45, 2.75) is 37.1 Å². The summed E-state index contributed by atoms with van der Waals surface area (Å²) in [4.78, 5) is 41.5. The molecule has 4 aromatic rings. The van der Waals surface area contributed by atoms with Gasteiger partial charge in [-0.2, -0.15) is 0 Å². The van der Waals surface area contributed by atoms with Crippen LogP contribution in [0.5, 0.6) is 11.5 Å². The van der Waals surface area contributed by atoms with E-state index in [4.69, 9.17) is 21.9 Å². The lowest BCUT2D eigenvalue weighted by atomic mass is 9.69. The maximum atomic E-state index is 14.5. The van der Waals surface area contributed by atoms with E-state index in [0.717, 1.165) is 23.0 Å². The van der Waals surface area contributed by atoms with Crippen molar-refractivity contribution in [3.05, 3.63) is 100 Å². The third-order valence-electron chi connectivity index (χ3n) is 8.34. The number of hydrogen-bond acceptors (Lipinski definition) is 8. The van der Waals surface area contributed by atoms with Crippen molar-refractivity contribution in [2.24, 2.45) is 11.5 Å². The maximum absolute atomic E-state index is 14.5. The zero-order chi connectivity index (χ0) is 31.3. The van der Waals surface area contributed by atoms with Gasteiger partial charge >= 0.3 is 0 Å². The van der Waals surface area contributed by atoms with Crippen LogP contribution in [0.15, 0.2) is 73.3 Å². The number of anilines is 1. The van der Waals surface area contributed by atoms with Gasteiger partial charge in [0.25, 0.3) is 5.91 Å². The third kappa shape index (κ3) is 4.83. The number of alkyl halides is 1. The molecule has 9 nitrogen and oxygen atoms in total. The van der Waals surface area contributed by atoms with Crippen molar-refractivity contribution in [1.29, 1.82) is 0 Å². The van der Waals surface area contributed by atoms with E-state index >= 15 is 0 Å². The molecule has 2 aliphatic rings. The number of likely N-dealkylation sites (tertiary alicyclic amines) is 1. The van der Waals surface area contributed by atoms with Gasteiger partial charge in [-0.25, -0.2) is 4.39 Å². The monoisotopic (exact) mass is 613 g/mol. The lowest BCUT2D eigenvalue weighted by Crippen LogP contribution is -2.54. The predicted octanol–water partition coefficient (Wildman–Crippen LogP) is 4.22. The largest absolute Gasteiger partial charge is 0.457 e. The van der Waals surface area contributed by atoms with Gasteiger partial charge in [0.1, 0.15) is 23.2 Å². The average molecular weight is 614 g/mol. The number of thiophene rings is 1. The number of benzene rings is 3. The molecule has 3 aromatic carbocycles. The number of nitrogens with one attached hydrogen (secondary N) is 1. The Balaban J connectivity index is 1.39. The van der Waals surface area contributed by atoms with Gasteiger partial charge in [0.15, 0.2) is 5.78 Å². The zero-order valence-electron chi connectivity index (χ0n) is 24.0. The van der Waals surface area contributed by atoms with Gasteiger partial charge in [0.05, 0.1) is 22.2 Å². The lowest BCUT2D eigenvalue weighted by molar-refractivity contribution is -0.128. The highest BCUT2D eigenvalue weighted by molar-refractivity contribution is 7.21. The molecule has 0 spiro atoms. The third-order valence-corrected chi connectivity index (χ3v) is 9.60. The van der Waals surface area contributed by atoms with Gasteiger partial charge < -0.3 is 32.2 Å². The number of carbonyl (C=O) groups excluding carboxylic acids is 3. The van der Waals surface area contributed by atoms with Crippen molar-refractivity contribution in [2.75, 3.05) is 18.8 Å². The van der Waals surface area contributed by atoms with Gasteiger partial charge in [-0.15, -0.1) is 11.3 Å². The molecule has 1 saturated heterocycles. The van der Waals surface area contributed by atoms with Crippen LogP contribution in [0.3, 0.4) is 0 Å². The number of aryl methyl sites for hydroxylation is 1. The Hall–Kier alpha value is -4.58. The van der Waals surface area contributed by atoms with Gasteiger partial charge in [-0.05, 0) is 60.0 Å². The first-order valence-corrected chi connectivity index (χ1v) is 15.0. The fourth-order valence-electron chi connectivity index (χ4n) is 6.30. The quantitative estimate of drug-likeness (QED) is 0.188. The lowest BCUT2D eigenvalue weighted by Gasteiger charge is -2.37. The molecule has 2 amide bonds. The molecule has 1 fully saturated rings. The Morgan fingerprint density at radius 3 is 2.55 bits per heavy atom. The average Bonchev–Trinajstić information content (AvgIpc) is 3.41. The second kappa shape index (κ2) is 11.2. The summed E-state index contributed by atoms with van der Waals surface area (Å²) in [6.45, 7) is 5.38. The van der Waals surface area contributed by atoms with Crippen molar-refractivity contribution >= 4 is 44.7 Å². The fraction of sp³-hybridized carbons (Fsp3) is 0.242. The number of para-hydroxylation sites is 1. The van der Waals surface area contributed by atoms with Crippen LogP contribution in [0.1, 0.15) is 44.4 Å². The summed E-state index contributed by atoms with van der Waals surface area (Å²) in [5.41, 5.74) is 20.9. The van der Waals surface area contributed by atoms with E-state index in [9.17, 15) is 18.8 Å². The summed E-state index contributed by atoms with van der Waals surface area (Å²) < 4.78 is 21.1. The molecular formula is C33H32FN5O4S. The number of Topliss-reactive ketones (excluding diaryl/α,β-unsaturated/α-hetero) is 1. The van der Waals surface area contributed by atoms with Crippen LogP contribution in [-0.2, 0) is 15.1 Å². The molecule has 44 heavy (non-hydrogen) atoms. The maximum Gasteiger partial charge on any atom is 0.262 e. The van der Waals surface area contributed by atoms with Crippen LogP contribution >= 0.6 is 11.3 Å². The molecule has 0 saturated carbocycles. The SMILES string of the molecule is C=CC(=O)N1C[C@@H](F)C[C@@H](NC(=O)c2sc3c(N)ccc4c3c2C(N)C(=O)C4(N)c2ccc(Oc3ccccc3)cc2C)C1. The molecule has 2 heterocycles. The summed E-state index contributed by atoms with van der Waals surface area (Å²) >= 11 is 1.11. The van der Waals surface area contributed by atoms with E-state index in [2.05, 4.69) is 11.9 Å². The topological polar surface area (TPSA) is 154 Å². The Kier molecular flexibility index (Phi) is 7.48. The summed E-state index contributed by atoms with van der Waals surface area (Å²) in [5, 5.41) is 3.41. The van der Waals surface area contributed by atoms with E-state index < -0.39 is 41.4 Å². The predicted molar refractivity (Wildman–Crippen MR) is 168 cm³/mol. The minimum absolute atomic E-state index is 0.0421. The number of nitrogens with two attached hydrogens (primary N) is 3. The molecule has 7 N–H and O–H groups in total. The first-order valence-electron chi connectivity index (χ1n) is 14.2. The van der Waals surface area contributed by atoms with Crippen LogP contribution in [0.25, 0.3) is 10.1 Å². The number of nitrogen functional groups attached to an aromatic ring is 1. The molecule has 0 bridgehead atoms.